The second kappa shape index (κ2) is 8.96. The van der Waals surface area contributed by atoms with Gasteiger partial charge in [0.25, 0.3) is 0 Å². The highest BCUT2D eigenvalue weighted by atomic mass is 32.1. The van der Waals surface area contributed by atoms with Crippen LogP contribution >= 0.6 is 11.3 Å². The molecule has 3 aromatic rings. The Labute approximate surface area is 156 Å². The van der Waals surface area contributed by atoms with E-state index in [0.717, 1.165) is 22.6 Å². The number of nitrogens with one attached hydrogen (secondary N) is 2. The van der Waals surface area contributed by atoms with Gasteiger partial charge in [-0.2, -0.15) is 0 Å². The van der Waals surface area contributed by atoms with E-state index in [4.69, 9.17) is 4.74 Å². The lowest BCUT2D eigenvalue weighted by molar-refractivity contribution is -0.115. The van der Waals surface area contributed by atoms with Gasteiger partial charge >= 0.3 is 0 Å². The SMILES string of the molecule is COc1ccccc1CCNc1ccc(NC(=O)Cc2cccs2)nn1. The Bertz CT molecular complexity index is 835. The Kier molecular flexibility index (Phi) is 6.16. The quantitative estimate of drug-likeness (QED) is 0.637. The Morgan fingerprint density at radius 2 is 1.88 bits per heavy atom. The zero-order chi connectivity index (χ0) is 18.2. The molecule has 0 aliphatic rings. The first-order valence-corrected chi connectivity index (χ1v) is 9.14. The van der Waals surface area contributed by atoms with Gasteiger partial charge in [-0.1, -0.05) is 24.3 Å². The van der Waals surface area contributed by atoms with Crippen LogP contribution in [0.4, 0.5) is 11.6 Å². The average Bonchev–Trinajstić information content (AvgIpc) is 3.16. The van der Waals surface area contributed by atoms with E-state index in [1.165, 1.54) is 0 Å². The summed E-state index contributed by atoms with van der Waals surface area (Å²) >= 11 is 1.56. The summed E-state index contributed by atoms with van der Waals surface area (Å²) in [5.41, 5.74) is 1.13. The van der Waals surface area contributed by atoms with Gasteiger partial charge in [0.05, 0.1) is 13.5 Å². The maximum absolute atomic E-state index is 12.0. The van der Waals surface area contributed by atoms with Crippen molar-refractivity contribution in [3.8, 4) is 5.75 Å². The Hall–Kier alpha value is -2.93. The fourth-order valence-electron chi connectivity index (χ4n) is 2.49. The molecule has 1 amide bonds. The van der Waals surface area contributed by atoms with Crippen molar-refractivity contribution in [2.45, 2.75) is 12.8 Å². The zero-order valence-corrected chi connectivity index (χ0v) is 15.3. The van der Waals surface area contributed by atoms with Gasteiger partial charge in [-0.25, -0.2) is 0 Å². The van der Waals surface area contributed by atoms with Gasteiger partial charge in [-0.15, -0.1) is 21.5 Å². The number of ether oxygens (including phenoxy) is 1. The van der Waals surface area contributed by atoms with Crippen molar-refractivity contribution in [2.75, 3.05) is 24.3 Å². The fourth-order valence-corrected chi connectivity index (χ4v) is 3.19. The van der Waals surface area contributed by atoms with Crippen LogP contribution < -0.4 is 15.4 Å². The number of hydrogen-bond acceptors (Lipinski definition) is 6. The van der Waals surface area contributed by atoms with Gasteiger partial charge in [-0.05, 0) is 41.6 Å². The van der Waals surface area contributed by atoms with E-state index < -0.39 is 0 Å². The first kappa shape index (κ1) is 17.9. The summed E-state index contributed by atoms with van der Waals surface area (Å²) in [4.78, 5) is 13.0. The number of benzene rings is 1. The van der Waals surface area contributed by atoms with Crippen LogP contribution in [0.3, 0.4) is 0 Å². The number of rotatable bonds is 8. The fraction of sp³-hybridized carbons (Fsp3) is 0.211. The minimum absolute atomic E-state index is 0.0985. The molecule has 0 atom stereocenters. The third-order valence-corrected chi connectivity index (χ3v) is 4.62. The number of aromatic nitrogens is 2. The lowest BCUT2D eigenvalue weighted by atomic mass is 10.1. The summed E-state index contributed by atoms with van der Waals surface area (Å²) < 4.78 is 5.34. The number of carbonyl (C=O) groups excluding carboxylic acids is 1. The minimum Gasteiger partial charge on any atom is -0.496 e. The van der Waals surface area contributed by atoms with E-state index in [1.54, 1.807) is 30.6 Å². The van der Waals surface area contributed by atoms with Gasteiger partial charge in [0.2, 0.25) is 5.91 Å². The summed E-state index contributed by atoms with van der Waals surface area (Å²) in [6, 6.07) is 15.3. The predicted molar refractivity (Wildman–Crippen MR) is 104 cm³/mol. The van der Waals surface area contributed by atoms with Crippen LogP contribution in [-0.4, -0.2) is 29.8 Å². The molecule has 0 fully saturated rings. The standard InChI is InChI=1S/C19H20N4O2S/c1-25-16-7-3-2-5-14(16)10-11-20-17-8-9-18(23-22-17)21-19(24)13-15-6-4-12-26-15/h2-9,12H,10-11,13H2,1H3,(H,20,22)(H,21,23,24). The predicted octanol–water partition coefficient (Wildman–Crippen LogP) is 3.38. The first-order valence-electron chi connectivity index (χ1n) is 8.26. The number of amides is 1. The molecule has 0 saturated carbocycles. The molecule has 0 spiro atoms. The monoisotopic (exact) mass is 368 g/mol. The van der Waals surface area contributed by atoms with E-state index in [0.29, 0.717) is 24.6 Å². The highest BCUT2D eigenvalue weighted by molar-refractivity contribution is 7.10. The molecular weight excluding hydrogens is 348 g/mol. The summed E-state index contributed by atoms with van der Waals surface area (Å²) in [7, 11) is 1.67. The van der Waals surface area contributed by atoms with Crippen LogP contribution in [-0.2, 0) is 17.6 Å². The van der Waals surface area contributed by atoms with Crippen LogP contribution in [0.2, 0.25) is 0 Å². The first-order chi connectivity index (χ1) is 12.7. The van der Waals surface area contributed by atoms with E-state index in [9.17, 15) is 4.79 Å². The molecule has 0 aliphatic carbocycles. The molecule has 1 aromatic carbocycles. The van der Waals surface area contributed by atoms with Crippen LogP contribution in [0, 0.1) is 0 Å². The van der Waals surface area contributed by atoms with Crippen molar-refractivity contribution in [3.63, 3.8) is 0 Å². The van der Waals surface area contributed by atoms with Crippen molar-refractivity contribution in [1.82, 2.24) is 10.2 Å². The molecule has 7 heteroatoms. The number of anilines is 2. The molecule has 6 nitrogen and oxygen atoms in total. The number of methoxy groups -OCH3 is 1. The Balaban J connectivity index is 1.47. The zero-order valence-electron chi connectivity index (χ0n) is 14.4. The summed E-state index contributed by atoms with van der Waals surface area (Å²) in [5.74, 6) is 1.89. The van der Waals surface area contributed by atoms with Gasteiger partial charge in [0, 0.05) is 11.4 Å². The maximum Gasteiger partial charge on any atom is 0.230 e. The molecule has 0 aliphatic heterocycles. The number of carbonyl (C=O) groups is 1. The molecule has 2 aromatic heterocycles. The highest BCUT2D eigenvalue weighted by Crippen LogP contribution is 2.18. The van der Waals surface area contributed by atoms with Crippen LogP contribution in [0.5, 0.6) is 5.75 Å². The van der Waals surface area contributed by atoms with E-state index in [2.05, 4.69) is 20.8 Å². The largest absolute Gasteiger partial charge is 0.496 e. The molecule has 3 rings (SSSR count). The minimum atomic E-state index is -0.0985. The number of nitrogens with zero attached hydrogens (tertiary/aromatic N) is 2. The summed E-state index contributed by atoms with van der Waals surface area (Å²) in [6.07, 6.45) is 1.16. The maximum atomic E-state index is 12.0. The van der Waals surface area contributed by atoms with Crippen molar-refractivity contribution >= 4 is 28.9 Å². The normalized spacial score (nSPS) is 10.3. The summed E-state index contributed by atoms with van der Waals surface area (Å²) in [5, 5.41) is 16.1. The molecule has 0 unspecified atom stereocenters. The highest BCUT2D eigenvalue weighted by Gasteiger charge is 2.06. The third-order valence-electron chi connectivity index (χ3n) is 3.74. The van der Waals surface area contributed by atoms with Crippen LogP contribution in [0.25, 0.3) is 0 Å². The second-order valence-electron chi connectivity index (χ2n) is 5.60. The molecule has 0 saturated heterocycles. The van der Waals surface area contributed by atoms with Crippen molar-refractivity contribution in [3.05, 3.63) is 64.4 Å². The Morgan fingerprint density at radius 3 is 2.62 bits per heavy atom. The van der Waals surface area contributed by atoms with E-state index in [-0.39, 0.29) is 5.91 Å². The lowest BCUT2D eigenvalue weighted by Crippen LogP contribution is -2.15. The van der Waals surface area contributed by atoms with Crippen LogP contribution in [0.15, 0.2) is 53.9 Å². The number of para-hydroxylation sites is 1. The molecule has 2 heterocycles. The van der Waals surface area contributed by atoms with E-state index >= 15 is 0 Å². The number of hydrogen-bond donors (Lipinski definition) is 2. The van der Waals surface area contributed by atoms with Crippen LogP contribution in [0.1, 0.15) is 10.4 Å². The van der Waals surface area contributed by atoms with Crippen molar-refractivity contribution in [1.29, 1.82) is 0 Å². The smallest absolute Gasteiger partial charge is 0.230 e. The van der Waals surface area contributed by atoms with Gasteiger partial charge in [-0.3, -0.25) is 4.79 Å². The average molecular weight is 368 g/mol. The molecule has 0 radical (unpaired) electrons. The van der Waals surface area contributed by atoms with Gasteiger partial charge in [0.1, 0.15) is 11.6 Å². The lowest BCUT2D eigenvalue weighted by Gasteiger charge is -2.09. The molecule has 134 valence electrons. The number of thiophene rings is 1. The molecular formula is C19H20N4O2S. The summed E-state index contributed by atoms with van der Waals surface area (Å²) in [6.45, 7) is 0.707. The molecule has 0 bridgehead atoms. The Morgan fingerprint density at radius 1 is 1.08 bits per heavy atom. The van der Waals surface area contributed by atoms with Crippen molar-refractivity contribution in [2.24, 2.45) is 0 Å². The topological polar surface area (TPSA) is 76.1 Å². The van der Waals surface area contributed by atoms with E-state index in [1.807, 2.05) is 41.8 Å². The molecule has 2 N–H and O–H groups in total. The third kappa shape index (κ3) is 5.03. The van der Waals surface area contributed by atoms with Gasteiger partial charge in [0.15, 0.2) is 5.82 Å². The van der Waals surface area contributed by atoms with Gasteiger partial charge < -0.3 is 15.4 Å². The second-order valence-corrected chi connectivity index (χ2v) is 6.63. The van der Waals surface area contributed by atoms with Crippen molar-refractivity contribution < 1.29 is 9.53 Å². The molecule has 26 heavy (non-hydrogen) atoms.